The quantitative estimate of drug-likeness (QED) is 0.495. The molecular weight excluding hydrogens is 300 g/mol. The van der Waals surface area contributed by atoms with Crippen molar-refractivity contribution in [3.8, 4) is 0 Å². The number of hydrogen-bond acceptors (Lipinski definition) is 4. The number of hydroxylamine groups is 1. The zero-order chi connectivity index (χ0) is 15.4. The maximum Gasteiger partial charge on any atom is 0.326 e. The van der Waals surface area contributed by atoms with Crippen LogP contribution in [0, 0.1) is 0 Å². The second-order valence-electron chi connectivity index (χ2n) is 4.53. The van der Waals surface area contributed by atoms with Gasteiger partial charge in [0.1, 0.15) is 12.1 Å². The lowest BCUT2D eigenvalue weighted by Gasteiger charge is -2.17. The molecule has 1 aliphatic rings. The predicted octanol–water partition coefficient (Wildman–Crippen LogP) is 1.23. The van der Waals surface area contributed by atoms with Crippen molar-refractivity contribution >= 4 is 28.8 Å². The minimum Gasteiger partial charge on any atom is -0.480 e. The van der Waals surface area contributed by atoms with E-state index >= 15 is 0 Å². The fraction of sp³-hybridized carbons (Fsp3) is 0.308. The van der Waals surface area contributed by atoms with E-state index < -0.39 is 29.4 Å². The topological polar surface area (TPSA) is 95.9 Å². The number of carboxylic acid groups (broad SMARTS) is 1. The van der Waals surface area contributed by atoms with Crippen LogP contribution in [0.1, 0.15) is 16.8 Å². The molecule has 1 heterocycles. The molecule has 1 aromatic rings. The molecule has 0 radical (unpaired) electrons. The number of carbonyl (C=O) groups is 3. The van der Waals surface area contributed by atoms with Crippen LogP contribution in [0.2, 0.25) is 0 Å². The summed E-state index contributed by atoms with van der Waals surface area (Å²) < 4.78 is 0. The molecule has 1 saturated heterocycles. The second-order valence-corrected chi connectivity index (χ2v) is 4.86. The molecule has 0 bridgehead atoms. The van der Waals surface area contributed by atoms with Gasteiger partial charge >= 0.3 is 11.3 Å². The third-order valence-electron chi connectivity index (χ3n) is 3.13. The summed E-state index contributed by atoms with van der Waals surface area (Å²) in [7, 11) is 0. The first-order chi connectivity index (χ1) is 9.99. The smallest absolute Gasteiger partial charge is 0.326 e. The van der Waals surface area contributed by atoms with Gasteiger partial charge in [-0.1, -0.05) is 18.2 Å². The first kappa shape index (κ1) is 15.3. The lowest BCUT2D eigenvalue weighted by Crippen LogP contribution is -2.37. The fourth-order valence-corrected chi connectivity index (χ4v) is 2.28. The molecule has 21 heavy (non-hydrogen) atoms. The molecule has 0 spiro atoms. The van der Waals surface area contributed by atoms with Crippen molar-refractivity contribution in [3.63, 3.8) is 0 Å². The molecule has 2 amide bonds. The van der Waals surface area contributed by atoms with Gasteiger partial charge in [0.15, 0.2) is 0 Å². The van der Waals surface area contributed by atoms with E-state index in [1.54, 1.807) is 30.3 Å². The molecule has 2 rings (SSSR count). The molecular formula is C13H13ClN2O5. The van der Waals surface area contributed by atoms with Gasteiger partial charge in [-0.3, -0.25) is 14.4 Å². The lowest BCUT2D eigenvalue weighted by atomic mass is 10.2. The van der Waals surface area contributed by atoms with Crippen LogP contribution in [0.3, 0.4) is 0 Å². The van der Waals surface area contributed by atoms with Crippen LogP contribution < -0.4 is 5.48 Å². The number of carboxylic acids is 1. The molecule has 0 aromatic heterocycles. The SMILES string of the molecule is O=C(NO[C@H]1C[C@H](C(=O)O)N(C(=O)Cl)C1)c1ccccc1. The Bertz CT molecular complexity index is 529. The second kappa shape index (κ2) is 6.55. The van der Waals surface area contributed by atoms with Gasteiger partial charge in [0.05, 0.1) is 6.54 Å². The number of likely N-dealkylation sites (tertiary alicyclic amines) is 1. The number of nitrogens with zero attached hydrogens (tertiary/aromatic N) is 1. The van der Waals surface area contributed by atoms with E-state index in [9.17, 15) is 14.4 Å². The molecule has 0 unspecified atom stereocenters. The molecule has 0 aliphatic carbocycles. The Labute approximate surface area is 125 Å². The minimum absolute atomic E-state index is 0.00830. The lowest BCUT2D eigenvalue weighted by molar-refractivity contribution is -0.141. The van der Waals surface area contributed by atoms with Crippen molar-refractivity contribution in [2.45, 2.75) is 18.6 Å². The molecule has 2 N–H and O–H groups in total. The number of benzene rings is 1. The number of amides is 2. The number of aliphatic carboxylic acids is 1. The van der Waals surface area contributed by atoms with Gasteiger partial charge in [0.2, 0.25) is 0 Å². The maximum absolute atomic E-state index is 11.8. The predicted molar refractivity (Wildman–Crippen MR) is 72.8 cm³/mol. The average molecular weight is 313 g/mol. The van der Waals surface area contributed by atoms with Gasteiger partial charge in [-0.2, -0.15) is 0 Å². The Morgan fingerprint density at radius 1 is 1.29 bits per heavy atom. The summed E-state index contributed by atoms with van der Waals surface area (Å²) in [6, 6.07) is 7.37. The molecule has 0 saturated carbocycles. The molecule has 7 nitrogen and oxygen atoms in total. The molecule has 1 aromatic carbocycles. The van der Waals surface area contributed by atoms with Crippen molar-refractivity contribution in [1.82, 2.24) is 10.4 Å². The van der Waals surface area contributed by atoms with Gasteiger partial charge in [0, 0.05) is 12.0 Å². The van der Waals surface area contributed by atoms with Crippen molar-refractivity contribution in [3.05, 3.63) is 35.9 Å². The van der Waals surface area contributed by atoms with Crippen molar-refractivity contribution < 1.29 is 24.3 Å². The highest BCUT2D eigenvalue weighted by Crippen LogP contribution is 2.21. The van der Waals surface area contributed by atoms with Crippen LogP contribution in [-0.2, 0) is 9.63 Å². The van der Waals surface area contributed by atoms with E-state index in [1.807, 2.05) is 0 Å². The fourth-order valence-electron chi connectivity index (χ4n) is 2.10. The van der Waals surface area contributed by atoms with Gasteiger partial charge in [-0.25, -0.2) is 10.3 Å². The number of halogens is 1. The minimum atomic E-state index is -1.16. The van der Waals surface area contributed by atoms with E-state index in [-0.39, 0.29) is 13.0 Å². The van der Waals surface area contributed by atoms with Crippen LogP contribution in [0.25, 0.3) is 0 Å². The van der Waals surface area contributed by atoms with Gasteiger partial charge in [-0.15, -0.1) is 0 Å². The van der Waals surface area contributed by atoms with Crippen LogP contribution in [0.4, 0.5) is 4.79 Å². The van der Waals surface area contributed by atoms with Crippen LogP contribution >= 0.6 is 11.6 Å². The van der Waals surface area contributed by atoms with Crippen LogP contribution in [-0.4, -0.2) is 45.9 Å². The molecule has 2 atom stereocenters. The van der Waals surface area contributed by atoms with Gasteiger partial charge in [0.25, 0.3) is 5.91 Å². The molecule has 1 aliphatic heterocycles. The Morgan fingerprint density at radius 2 is 1.95 bits per heavy atom. The Hall–Kier alpha value is -2.12. The van der Waals surface area contributed by atoms with Gasteiger partial charge in [-0.05, 0) is 23.7 Å². The van der Waals surface area contributed by atoms with Gasteiger partial charge < -0.3 is 10.0 Å². The molecule has 1 fully saturated rings. The highest BCUT2D eigenvalue weighted by atomic mass is 35.5. The first-order valence-corrected chi connectivity index (χ1v) is 6.56. The van der Waals surface area contributed by atoms with Crippen LogP contribution in [0.15, 0.2) is 30.3 Å². The summed E-state index contributed by atoms with van der Waals surface area (Å²) in [4.78, 5) is 40.1. The van der Waals surface area contributed by atoms with E-state index in [1.165, 1.54) is 0 Å². The number of nitrogens with one attached hydrogen (secondary N) is 1. The highest BCUT2D eigenvalue weighted by Gasteiger charge is 2.40. The monoisotopic (exact) mass is 312 g/mol. The molecule has 112 valence electrons. The Kier molecular flexibility index (Phi) is 4.77. The van der Waals surface area contributed by atoms with Crippen molar-refractivity contribution in [1.29, 1.82) is 0 Å². The third kappa shape index (κ3) is 3.71. The standard InChI is InChI=1S/C13H13ClN2O5/c14-13(20)16-7-9(6-10(16)12(18)19)21-15-11(17)8-4-2-1-3-5-8/h1-5,9-10H,6-7H2,(H,15,17)(H,18,19)/t9-,10+/m0/s1. The zero-order valence-electron chi connectivity index (χ0n) is 10.9. The van der Waals surface area contributed by atoms with E-state index in [4.69, 9.17) is 21.5 Å². The van der Waals surface area contributed by atoms with Crippen molar-refractivity contribution in [2.75, 3.05) is 6.54 Å². The van der Waals surface area contributed by atoms with Crippen LogP contribution in [0.5, 0.6) is 0 Å². The number of carbonyl (C=O) groups excluding carboxylic acids is 2. The summed E-state index contributed by atoms with van der Waals surface area (Å²) in [6.45, 7) is 0.00830. The Balaban J connectivity index is 1.91. The summed E-state index contributed by atoms with van der Waals surface area (Å²) in [6.07, 6.45) is -0.565. The van der Waals surface area contributed by atoms with Crippen molar-refractivity contribution in [2.24, 2.45) is 0 Å². The number of hydrogen-bond donors (Lipinski definition) is 2. The van der Waals surface area contributed by atoms with E-state index in [2.05, 4.69) is 5.48 Å². The summed E-state index contributed by atoms with van der Waals surface area (Å²) in [5.41, 5.74) is 2.66. The zero-order valence-corrected chi connectivity index (χ0v) is 11.6. The summed E-state index contributed by atoms with van der Waals surface area (Å²) >= 11 is 5.33. The molecule has 8 heteroatoms. The maximum atomic E-state index is 11.8. The average Bonchev–Trinajstić information content (AvgIpc) is 2.90. The van der Waals surface area contributed by atoms with E-state index in [0.717, 1.165) is 4.90 Å². The first-order valence-electron chi connectivity index (χ1n) is 6.19. The largest absolute Gasteiger partial charge is 0.480 e. The normalized spacial score (nSPS) is 21.1. The Morgan fingerprint density at radius 3 is 2.48 bits per heavy atom. The highest BCUT2D eigenvalue weighted by molar-refractivity contribution is 6.63. The summed E-state index contributed by atoms with van der Waals surface area (Å²) in [5.74, 6) is -1.61. The number of rotatable bonds is 4. The summed E-state index contributed by atoms with van der Waals surface area (Å²) in [5, 5.41) is 8.15. The third-order valence-corrected chi connectivity index (χ3v) is 3.34. The van der Waals surface area contributed by atoms with E-state index in [0.29, 0.717) is 5.56 Å².